The minimum atomic E-state index is -0.0951. The fourth-order valence-corrected chi connectivity index (χ4v) is 2.80. The molecule has 108 valence electrons. The Morgan fingerprint density at radius 1 is 1.00 bits per heavy atom. The van der Waals surface area contributed by atoms with Gasteiger partial charge < -0.3 is 10.6 Å². The van der Waals surface area contributed by atoms with Gasteiger partial charge in [-0.05, 0) is 30.5 Å². The zero-order chi connectivity index (χ0) is 14.5. The second kappa shape index (κ2) is 6.55. The van der Waals surface area contributed by atoms with Crippen molar-refractivity contribution < 1.29 is 4.79 Å². The van der Waals surface area contributed by atoms with E-state index in [-0.39, 0.29) is 18.0 Å². The summed E-state index contributed by atoms with van der Waals surface area (Å²) in [6.45, 7) is 0.930. The van der Waals surface area contributed by atoms with Crippen molar-refractivity contribution in [2.24, 2.45) is 0 Å². The lowest BCUT2D eigenvalue weighted by molar-refractivity contribution is -0.123. The quantitative estimate of drug-likeness (QED) is 0.904. The Labute approximate surface area is 125 Å². The number of carbonyl (C=O) groups excluding carboxylic acids is 1. The van der Waals surface area contributed by atoms with E-state index < -0.39 is 0 Å². The van der Waals surface area contributed by atoms with Gasteiger partial charge in [0.15, 0.2) is 0 Å². The maximum absolute atomic E-state index is 12.4. The van der Waals surface area contributed by atoms with E-state index in [1.807, 2.05) is 36.4 Å². The van der Waals surface area contributed by atoms with Crippen molar-refractivity contribution in [2.45, 2.75) is 24.9 Å². The maximum atomic E-state index is 12.4. The second-order valence-corrected chi connectivity index (χ2v) is 5.41. The topological polar surface area (TPSA) is 41.1 Å². The largest absolute Gasteiger partial charge is 0.344 e. The lowest BCUT2D eigenvalue weighted by atomic mass is 9.98. The van der Waals surface area contributed by atoms with E-state index in [4.69, 9.17) is 0 Å². The summed E-state index contributed by atoms with van der Waals surface area (Å²) in [6, 6.07) is 20.1. The van der Waals surface area contributed by atoms with Crippen LogP contribution in [0.2, 0.25) is 0 Å². The minimum absolute atomic E-state index is 0.0556. The number of hydrogen-bond acceptors (Lipinski definition) is 2. The number of hydrogen-bond donors (Lipinski definition) is 2. The van der Waals surface area contributed by atoms with E-state index in [1.165, 1.54) is 0 Å². The number of carbonyl (C=O) groups is 1. The number of rotatable bonds is 4. The van der Waals surface area contributed by atoms with Gasteiger partial charge in [-0.2, -0.15) is 0 Å². The molecule has 1 aliphatic rings. The molecule has 1 saturated heterocycles. The van der Waals surface area contributed by atoms with Gasteiger partial charge in [-0.15, -0.1) is 0 Å². The van der Waals surface area contributed by atoms with E-state index in [1.54, 1.807) is 0 Å². The highest BCUT2D eigenvalue weighted by molar-refractivity contribution is 5.82. The lowest BCUT2D eigenvalue weighted by Crippen LogP contribution is -2.42. The smallest absolute Gasteiger partial charge is 0.237 e. The van der Waals surface area contributed by atoms with E-state index in [9.17, 15) is 4.79 Å². The molecule has 0 spiro atoms. The first-order valence-corrected chi connectivity index (χ1v) is 7.48. The van der Waals surface area contributed by atoms with Crippen LogP contribution in [-0.4, -0.2) is 18.5 Å². The van der Waals surface area contributed by atoms with Crippen LogP contribution in [0.25, 0.3) is 0 Å². The standard InChI is InChI=1S/C18H20N2O/c21-18(16-12-7-13-19-16)20-17(14-8-3-1-4-9-14)15-10-5-2-6-11-15/h1-6,8-11,16-17,19H,7,12-13H2,(H,20,21)/t16-/m1/s1. The Hall–Kier alpha value is -2.13. The molecule has 0 bridgehead atoms. The zero-order valence-corrected chi connectivity index (χ0v) is 12.0. The molecule has 3 rings (SSSR count). The molecule has 1 amide bonds. The first kappa shape index (κ1) is 13.8. The molecule has 0 radical (unpaired) electrons. The summed E-state index contributed by atoms with van der Waals surface area (Å²) in [7, 11) is 0. The van der Waals surface area contributed by atoms with Crippen LogP contribution in [0.1, 0.15) is 30.0 Å². The van der Waals surface area contributed by atoms with Crippen molar-refractivity contribution in [1.82, 2.24) is 10.6 Å². The van der Waals surface area contributed by atoms with E-state index in [2.05, 4.69) is 34.9 Å². The van der Waals surface area contributed by atoms with Crippen LogP contribution < -0.4 is 10.6 Å². The van der Waals surface area contributed by atoms with E-state index in [0.717, 1.165) is 30.5 Å². The fraction of sp³-hybridized carbons (Fsp3) is 0.278. The SMILES string of the molecule is O=C(NC(c1ccccc1)c1ccccc1)[C@H]1CCCN1. The van der Waals surface area contributed by atoms with Crippen molar-refractivity contribution in [3.05, 3.63) is 71.8 Å². The van der Waals surface area contributed by atoms with E-state index in [0.29, 0.717) is 0 Å². The number of amides is 1. The van der Waals surface area contributed by atoms with Gasteiger partial charge in [-0.1, -0.05) is 60.7 Å². The Balaban J connectivity index is 1.84. The molecule has 1 fully saturated rings. The monoisotopic (exact) mass is 280 g/mol. The highest BCUT2D eigenvalue weighted by atomic mass is 16.2. The molecular weight excluding hydrogens is 260 g/mol. The molecule has 0 aliphatic carbocycles. The van der Waals surface area contributed by atoms with Crippen LogP contribution >= 0.6 is 0 Å². The van der Waals surface area contributed by atoms with Gasteiger partial charge in [-0.3, -0.25) is 4.79 Å². The van der Waals surface area contributed by atoms with Crippen molar-refractivity contribution in [3.8, 4) is 0 Å². The minimum Gasteiger partial charge on any atom is -0.344 e. The molecule has 0 aromatic heterocycles. The Bertz CT molecular complexity index is 537. The average Bonchev–Trinajstić information content (AvgIpc) is 3.09. The highest BCUT2D eigenvalue weighted by Crippen LogP contribution is 2.22. The molecule has 0 unspecified atom stereocenters. The van der Waals surface area contributed by atoms with Crippen LogP contribution in [-0.2, 0) is 4.79 Å². The third kappa shape index (κ3) is 3.31. The molecule has 1 heterocycles. The summed E-state index contributed by atoms with van der Waals surface area (Å²) in [6.07, 6.45) is 1.99. The molecule has 1 aliphatic heterocycles. The van der Waals surface area contributed by atoms with Gasteiger partial charge in [0.2, 0.25) is 5.91 Å². The molecule has 3 heteroatoms. The summed E-state index contributed by atoms with van der Waals surface area (Å²) in [5, 5.41) is 6.44. The fourth-order valence-electron chi connectivity index (χ4n) is 2.80. The van der Waals surface area contributed by atoms with Gasteiger partial charge in [0.25, 0.3) is 0 Å². The molecular formula is C18H20N2O. The Morgan fingerprint density at radius 3 is 2.05 bits per heavy atom. The van der Waals surface area contributed by atoms with Crippen LogP contribution in [0.5, 0.6) is 0 Å². The van der Waals surface area contributed by atoms with E-state index >= 15 is 0 Å². The molecule has 21 heavy (non-hydrogen) atoms. The van der Waals surface area contributed by atoms with Gasteiger partial charge in [0.05, 0.1) is 12.1 Å². The predicted octanol–water partition coefficient (Wildman–Crippen LogP) is 2.64. The third-order valence-electron chi connectivity index (χ3n) is 3.93. The first-order valence-electron chi connectivity index (χ1n) is 7.48. The third-order valence-corrected chi connectivity index (χ3v) is 3.93. The molecule has 3 nitrogen and oxygen atoms in total. The van der Waals surface area contributed by atoms with Gasteiger partial charge in [-0.25, -0.2) is 0 Å². The van der Waals surface area contributed by atoms with Crippen molar-refractivity contribution in [2.75, 3.05) is 6.54 Å². The highest BCUT2D eigenvalue weighted by Gasteiger charge is 2.25. The summed E-state index contributed by atoms with van der Waals surface area (Å²) in [4.78, 5) is 12.4. The first-order chi connectivity index (χ1) is 10.3. The molecule has 2 aromatic carbocycles. The van der Waals surface area contributed by atoms with Crippen molar-refractivity contribution in [1.29, 1.82) is 0 Å². The van der Waals surface area contributed by atoms with Gasteiger partial charge in [0, 0.05) is 0 Å². The summed E-state index contributed by atoms with van der Waals surface area (Å²) in [5.74, 6) is 0.0882. The summed E-state index contributed by atoms with van der Waals surface area (Å²) < 4.78 is 0. The summed E-state index contributed by atoms with van der Waals surface area (Å²) >= 11 is 0. The van der Waals surface area contributed by atoms with Crippen LogP contribution in [0.4, 0.5) is 0 Å². The molecule has 0 saturated carbocycles. The van der Waals surface area contributed by atoms with Gasteiger partial charge in [0.1, 0.15) is 0 Å². The predicted molar refractivity (Wildman–Crippen MR) is 83.9 cm³/mol. The molecule has 2 N–H and O–H groups in total. The number of nitrogens with one attached hydrogen (secondary N) is 2. The number of benzene rings is 2. The average molecular weight is 280 g/mol. The van der Waals surface area contributed by atoms with Crippen LogP contribution in [0.15, 0.2) is 60.7 Å². The van der Waals surface area contributed by atoms with Crippen LogP contribution in [0.3, 0.4) is 0 Å². The Kier molecular flexibility index (Phi) is 4.31. The maximum Gasteiger partial charge on any atom is 0.237 e. The molecule has 2 aromatic rings. The second-order valence-electron chi connectivity index (χ2n) is 5.41. The zero-order valence-electron chi connectivity index (χ0n) is 12.0. The van der Waals surface area contributed by atoms with Gasteiger partial charge >= 0.3 is 0 Å². The summed E-state index contributed by atoms with van der Waals surface area (Å²) in [5.41, 5.74) is 2.21. The van der Waals surface area contributed by atoms with Crippen LogP contribution in [0, 0.1) is 0 Å². The van der Waals surface area contributed by atoms with Crippen molar-refractivity contribution in [3.63, 3.8) is 0 Å². The normalized spacial score (nSPS) is 17.9. The Morgan fingerprint density at radius 2 is 1.57 bits per heavy atom. The van der Waals surface area contributed by atoms with Crippen molar-refractivity contribution >= 4 is 5.91 Å². The molecule has 1 atom stereocenters. The lowest BCUT2D eigenvalue weighted by Gasteiger charge is -2.22.